The van der Waals surface area contributed by atoms with Gasteiger partial charge in [-0.1, -0.05) is 12.1 Å². The van der Waals surface area contributed by atoms with Crippen LogP contribution in [0.15, 0.2) is 42.6 Å². The molecule has 3 heterocycles. The third kappa shape index (κ3) is 4.91. The Morgan fingerprint density at radius 1 is 1.13 bits per heavy atom. The number of ether oxygens (including phenoxy) is 2. The van der Waals surface area contributed by atoms with Gasteiger partial charge < -0.3 is 19.7 Å². The smallest absolute Gasteiger partial charge is 0.270 e. The number of carbonyl (C=O) groups excluding carboxylic acids is 1. The van der Waals surface area contributed by atoms with Crippen molar-refractivity contribution in [2.24, 2.45) is 0 Å². The van der Waals surface area contributed by atoms with E-state index in [1.807, 2.05) is 24.3 Å². The summed E-state index contributed by atoms with van der Waals surface area (Å²) < 4.78 is 10.7. The standard InChI is InChI=1S/C23H30N4O3/c1-29-20-6-4-18(5-7-20)22(27-10-2-3-11-27)17-25-23(28)21-16-19(8-9-24-21)26-12-14-30-15-13-26/h4-9,16,22H,2-3,10-15,17H2,1H3,(H,25,28)/t22-/m0/s1. The van der Waals surface area contributed by atoms with Crippen molar-refractivity contribution >= 4 is 11.6 Å². The molecule has 1 aromatic heterocycles. The summed E-state index contributed by atoms with van der Waals surface area (Å²) in [5.74, 6) is 0.704. The van der Waals surface area contributed by atoms with Gasteiger partial charge >= 0.3 is 0 Å². The number of pyridine rings is 1. The van der Waals surface area contributed by atoms with Crippen molar-refractivity contribution in [3.05, 3.63) is 53.9 Å². The van der Waals surface area contributed by atoms with Gasteiger partial charge in [0.1, 0.15) is 11.4 Å². The van der Waals surface area contributed by atoms with Crippen LogP contribution in [0, 0.1) is 0 Å². The van der Waals surface area contributed by atoms with Crippen LogP contribution in [-0.2, 0) is 4.74 Å². The van der Waals surface area contributed by atoms with Crippen LogP contribution in [0.2, 0.25) is 0 Å². The first kappa shape index (κ1) is 20.6. The highest BCUT2D eigenvalue weighted by atomic mass is 16.5. The highest BCUT2D eigenvalue weighted by Gasteiger charge is 2.24. The fourth-order valence-corrected chi connectivity index (χ4v) is 4.18. The lowest BCUT2D eigenvalue weighted by Crippen LogP contribution is -2.38. The van der Waals surface area contributed by atoms with Crippen LogP contribution in [0.5, 0.6) is 5.75 Å². The highest BCUT2D eigenvalue weighted by Crippen LogP contribution is 2.26. The average molecular weight is 411 g/mol. The predicted octanol–water partition coefficient (Wildman–Crippen LogP) is 2.49. The van der Waals surface area contributed by atoms with E-state index in [0.717, 1.165) is 37.6 Å². The van der Waals surface area contributed by atoms with Crippen molar-refractivity contribution < 1.29 is 14.3 Å². The Balaban J connectivity index is 1.44. The lowest BCUT2D eigenvalue weighted by molar-refractivity contribution is 0.0933. The molecule has 2 saturated heterocycles. The van der Waals surface area contributed by atoms with Crippen molar-refractivity contribution in [3.8, 4) is 5.75 Å². The van der Waals surface area contributed by atoms with Gasteiger partial charge in [-0.2, -0.15) is 0 Å². The summed E-state index contributed by atoms with van der Waals surface area (Å²) in [5, 5.41) is 3.12. The van der Waals surface area contributed by atoms with Crippen LogP contribution in [-0.4, -0.2) is 68.8 Å². The molecule has 1 amide bonds. The third-order valence-corrected chi connectivity index (χ3v) is 5.89. The monoisotopic (exact) mass is 410 g/mol. The molecule has 1 atom stereocenters. The number of likely N-dealkylation sites (tertiary alicyclic amines) is 1. The molecular formula is C23H30N4O3. The summed E-state index contributed by atoms with van der Waals surface area (Å²) in [4.78, 5) is 21.9. The van der Waals surface area contributed by atoms with E-state index in [0.29, 0.717) is 25.5 Å². The number of methoxy groups -OCH3 is 1. The highest BCUT2D eigenvalue weighted by molar-refractivity contribution is 5.93. The Bertz CT molecular complexity index is 831. The number of hydrogen-bond acceptors (Lipinski definition) is 6. The number of amides is 1. The van der Waals surface area contributed by atoms with E-state index >= 15 is 0 Å². The number of morpholine rings is 1. The summed E-state index contributed by atoms with van der Waals surface area (Å²) in [6.07, 6.45) is 4.11. The molecule has 1 N–H and O–H groups in total. The molecule has 0 bridgehead atoms. The van der Waals surface area contributed by atoms with Gasteiger partial charge in [-0.25, -0.2) is 0 Å². The quantitative estimate of drug-likeness (QED) is 0.757. The summed E-state index contributed by atoms with van der Waals surface area (Å²) >= 11 is 0. The van der Waals surface area contributed by atoms with Crippen molar-refractivity contribution in [1.29, 1.82) is 0 Å². The van der Waals surface area contributed by atoms with E-state index in [2.05, 4.69) is 32.2 Å². The molecule has 7 heteroatoms. The Labute approximate surface area is 178 Å². The minimum Gasteiger partial charge on any atom is -0.497 e. The molecule has 7 nitrogen and oxygen atoms in total. The minimum absolute atomic E-state index is 0.136. The molecule has 2 fully saturated rings. The Hall–Kier alpha value is -2.64. The van der Waals surface area contributed by atoms with E-state index in [1.54, 1.807) is 13.3 Å². The second-order valence-corrected chi connectivity index (χ2v) is 7.74. The first-order chi connectivity index (χ1) is 14.7. The maximum Gasteiger partial charge on any atom is 0.270 e. The summed E-state index contributed by atoms with van der Waals surface area (Å²) in [7, 11) is 1.67. The van der Waals surface area contributed by atoms with Crippen LogP contribution in [0.25, 0.3) is 0 Å². The molecule has 30 heavy (non-hydrogen) atoms. The zero-order chi connectivity index (χ0) is 20.8. The van der Waals surface area contributed by atoms with Gasteiger partial charge in [0, 0.05) is 31.5 Å². The van der Waals surface area contributed by atoms with Crippen LogP contribution in [0.3, 0.4) is 0 Å². The fraction of sp³-hybridized carbons (Fsp3) is 0.478. The van der Waals surface area contributed by atoms with E-state index in [-0.39, 0.29) is 11.9 Å². The van der Waals surface area contributed by atoms with Gasteiger partial charge in [0.2, 0.25) is 0 Å². The SMILES string of the molecule is COc1ccc([C@H](CNC(=O)c2cc(N3CCOCC3)ccn2)N2CCCC2)cc1. The van der Waals surface area contributed by atoms with Crippen molar-refractivity contribution in [2.75, 3.05) is 57.9 Å². The first-order valence-corrected chi connectivity index (χ1v) is 10.7. The van der Waals surface area contributed by atoms with Crippen LogP contribution < -0.4 is 15.0 Å². The number of anilines is 1. The zero-order valence-electron chi connectivity index (χ0n) is 17.5. The molecule has 160 valence electrons. The second-order valence-electron chi connectivity index (χ2n) is 7.74. The van der Waals surface area contributed by atoms with E-state index in [1.165, 1.54) is 18.4 Å². The van der Waals surface area contributed by atoms with Crippen LogP contribution >= 0.6 is 0 Å². The Morgan fingerprint density at radius 2 is 1.87 bits per heavy atom. The van der Waals surface area contributed by atoms with Crippen LogP contribution in [0.1, 0.15) is 34.9 Å². The molecule has 4 rings (SSSR count). The van der Waals surface area contributed by atoms with E-state index < -0.39 is 0 Å². The number of hydrogen-bond donors (Lipinski definition) is 1. The largest absolute Gasteiger partial charge is 0.497 e. The van der Waals surface area contributed by atoms with Crippen molar-refractivity contribution in [2.45, 2.75) is 18.9 Å². The Morgan fingerprint density at radius 3 is 2.57 bits per heavy atom. The maximum absolute atomic E-state index is 12.9. The molecule has 0 aliphatic carbocycles. The molecule has 0 unspecified atom stereocenters. The predicted molar refractivity (Wildman–Crippen MR) is 116 cm³/mol. The molecule has 2 aliphatic heterocycles. The maximum atomic E-state index is 12.9. The number of nitrogens with one attached hydrogen (secondary N) is 1. The molecule has 2 aliphatic rings. The Kier molecular flexibility index (Phi) is 6.81. The average Bonchev–Trinajstić information content (AvgIpc) is 3.35. The molecular weight excluding hydrogens is 380 g/mol. The van der Waals surface area contributed by atoms with Gasteiger partial charge in [-0.05, 0) is 55.8 Å². The minimum atomic E-state index is -0.136. The van der Waals surface area contributed by atoms with Crippen molar-refractivity contribution in [1.82, 2.24) is 15.2 Å². The molecule has 0 radical (unpaired) electrons. The van der Waals surface area contributed by atoms with Gasteiger partial charge in [0.15, 0.2) is 0 Å². The number of nitrogens with zero attached hydrogens (tertiary/aromatic N) is 3. The number of carbonyl (C=O) groups is 1. The second kappa shape index (κ2) is 9.91. The number of rotatable bonds is 7. The first-order valence-electron chi connectivity index (χ1n) is 10.7. The van der Waals surface area contributed by atoms with Crippen LogP contribution in [0.4, 0.5) is 5.69 Å². The summed E-state index contributed by atoms with van der Waals surface area (Å²) in [5.41, 5.74) is 2.66. The molecule has 1 aromatic carbocycles. The van der Waals surface area contributed by atoms with E-state index in [9.17, 15) is 4.79 Å². The van der Waals surface area contributed by atoms with Gasteiger partial charge in [0.05, 0.1) is 26.4 Å². The fourth-order valence-electron chi connectivity index (χ4n) is 4.18. The molecule has 0 saturated carbocycles. The van der Waals surface area contributed by atoms with Gasteiger partial charge in [-0.3, -0.25) is 14.7 Å². The van der Waals surface area contributed by atoms with Gasteiger partial charge in [0.25, 0.3) is 5.91 Å². The zero-order valence-corrected chi connectivity index (χ0v) is 17.5. The molecule has 0 spiro atoms. The lowest BCUT2D eigenvalue weighted by atomic mass is 10.1. The lowest BCUT2D eigenvalue weighted by Gasteiger charge is -2.29. The van der Waals surface area contributed by atoms with E-state index in [4.69, 9.17) is 9.47 Å². The topological polar surface area (TPSA) is 66.9 Å². The van der Waals surface area contributed by atoms with Gasteiger partial charge in [-0.15, -0.1) is 0 Å². The number of aromatic nitrogens is 1. The molecule has 2 aromatic rings. The normalized spacial score (nSPS) is 18.2. The summed E-state index contributed by atoms with van der Waals surface area (Å²) in [6, 6.07) is 12.1. The third-order valence-electron chi connectivity index (χ3n) is 5.89. The number of benzene rings is 1. The summed E-state index contributed by atoms with van der Waals surface area (Å²) in [6.45, 7) is 5.74. The van der Waals surface area contributed by atoms with Crippen molar-refractivity contribution in [3.63, 3.8) is 0 Å².